The monoisotopic (exact) mass is 326 g/mol. The van der Waals surface area contributed by atoms with Crippen LogP contribution in [0.25, 0.3) is 10.6 Å². The first kappa shape index (κ1) is 20.0. The summed E-state index contributed by atoms with van der Waals surface area (Å²) in [4.78, 5) is 20.7. The molecule has 0 saturated carbocycles. The average Bonchev–Trinajstić information content (AvgIpc) is 3.17. The van der Waals surface area contributed by atoms with Gasteiger partial charge in [0.1, 0.15) is 5.69 Å². The molecule has 0 aromatic carbocycles. The van der Waals surface area contributed by atoms with E-state index in [1.54, 1.807) is 7.11 Å². The summed E-state index contributed by atoms with van der Waals surface area (Å²) >= 11 is 1.47. The van der Waals surface area contributed by atoms with Crippen molar-refractivity contribution in [3.63, 3.8) is 0 Å². The van der Waals surface area contributed by atoms with Crippen molar-refractivity contribution in [1.29, 1.82) is 0 Å². The molecule has 0 aliphatic rings. The van der Waals surface area contributed by atoms with Crippen LogP contribution >= 0.6 is 11.3 Å². The van der Waals surface area contributed by atoms with Gasteiger partial charge < -0.3 is 9.84 Å². The minimum absolute atomic E-state index is 0.250. The van der Waals surface area contributed by atoms with E-state index >= 15 is 0 Å². The predicted molar refractivity (Wildman–Crippen MR) is 87.5 cm³/mol. The highest BCUT2D eigenvalue weighted by Gasteiger charge is 2.05. The van der Waals surface area contributed by atoms with E-state index in [4.69, 9.17) is 9.90 Å². The molecule has 2 aromatic heterocycles. The van der Waals surface area contributed by atoms with Crippen molar-refractivity contribution in [2.24, 2.45) is 0 Å². The number of ether oxygens (including phenoxy) is 1. The first-order valence-corrected chi connectivity index (χ1v) is 7.63. The van der Waals surface area contributed by atoms with E-state index < -0.39 is 0 Å². The number of aryl methyl sites for hydroxylation is 1. The van der Waals surface area contributed by atoms with Crippen LogP contribution in [-0.2, 0) is 16.1 Å². The Bertz CT molecular complexity index is 535. The van der Waals surface area contributed by atoms with Crippen molar-refractivity contribution >= 4 is 24.1 Å². The lowest BCUT2D eigenvalue weighted by atomic mass is 10.3. The molecule has 0 aliphatic heterocycles. The molecular formula is C15H22N2O4S. The van der Waals surface area contributed by atoms with Crippen molar-refractivity contribution in [3.05, 3.63) is 29.3 Å². The van der Waals surface area contributed by atoms with Gasteiger partial charge in [-0.05, 0) is 31.5 Å². The third kappa shape index (κ3) is 7.70. The summed E-state index contributed by atoms with van der Waals surface area (Å²) in [5.41, 5.74) is 0.946. The molecule has 2 heterocycles. The van der Waals surface area contributed by atoms with Crippen molar-refractivity contribution < 1.29 is 19.4 Å². The number of hydrogen-bond donors (Lipinski definition) is 1. The van der Waals surface area contributed by atoms with Gasteiger partial charge in [0, 0.05) is 26.5 Å². The fourth-order valence-corrected chi connectivity index (χ4v) is 2.19. The minimum Gasteiger partial charge on any atom is -0.483 e. The molecule has 0 saturated heterocycles. The molecule has 2 rings (SSSR count). The van der Waals surface area contributed by atoms with Gasteiger partial charge in [-0.3, -0.25) is 14.3 Å². The van der Waals surface area contributed by atoms with Crippen molar-refractivity contribution in [3.8, 4) is 10.6 Å². The van der Waals surface area contributed by atoms with Crippen molar-refractivity contribution in [1.82, 2.24) is 9.78 Å². The topological polar surface area (TPSA) is 81.4 Å². The quantitative estimate of drug-likeness (QED) is 0.853. The van der Waals surface area contributed by atoms with E-state index in [1.165, 1.54) is 11.3 Å². The number of methoxy groups -OCH3 is 1. The number of thiophene rings is 1. The van der Waals surface area contributed by atoms with Gasteiger partial charge in [-0.15, -0.1) is 11.3 Å². The maximum atomic E-state index is 10.5. The molecule has 0 atom stereocenters. The zero-order valence-electron chi connectivity index (χ0n) is 13.1. The van der Waals surface area contributed by atoms with Gasteiger partial charge in [-0.1, -0.05) is 6.92 Å². The molecule has 0 spiro atoms. The summed E-state index contributed by atoms with van der Waals surface area (Å²) in [6, 6.07) is 5.74. The van der Waals surface area contributed by atoms with Gasteiger partial charge in [0.25, 0.3) is 6.47 Å². The minimum atomic E-state index is -0.250. The second-order valence-corrected chi connectivity index (χ2v) is 5.08. The number of rotatable bonds is 5. The summed E-state index contributed by atoms with van der Waals surface area (Å²) in [5.74, 6) is 0. The number of carbonyl (C=O) groups excluding carboxylic acids is 1. The van der Waals surface area contributed by atoms with Gasteiger partial charge in [-0.2, -0.15) is 5.10 Å². The number of nitrogens with zero attached hydrogens (tertiary/aromatic N) is 2. The van der Waals surface area contributed by atoms with Crippen LogP contribution in [0, 0.1) is 0 Å². The SMILES string of the molecule is CCCn1ccc(-c2ccc(C=O)s2)n1.CCOC.O=CO. The Kier molecular flexibility index (Phi) is 11.6. The fourth-order valence-electron chi connectivity index (χ4n) is 1.40. The summed E-state index contributed by atoms with van der Waals surface area (Å²) in [6.07, 6.45) is 3.92. The summed E-state index contributed by atoms with van der Waals surface area (Å²) in [6.45, 7) is 5.59. The van der Waals surface area contributed by atoms with Gasteiger partial charge >= 0.3 is 0 Å². The predicted octanol–water partition coefficient (Wildman–Crippen LogP) is 3.19. The van der Waals surface area contributed by atoms with Crippen LogP contribution in [0.3, 0.4) is 0 Å². The summed E-state index contributed by atoms with van der Waals surface area (Å²) < 4.78 is 6.47. The van der Waals surface area contributed by atoms with Crippen LogP contribution < -0.4 is 0 Å². The van der Waals surface area contributed by atoms with Crippen LogP contribution in [0.4, 0.5) is 0 Å². The Balaban J connectivity index is 0.000000537. The first-order valence-electron chi connectivity index (χ1n) is 6.82. The largest absolute Gasteiger partial charge is 0.483 e. The molecule has 122 valence electrons. The van der Waals surface area contributed by atoms with Gasteiger partial charge in [0.05, 0.1) is 9.75 Å². The molecule has 0 fully saturated rings. The van der Waals surface area contributed by atoms with Crippen LogP contribution in [0.1, 0.15) is 29.9 Å². The number of hydrogen-bond acceptors (Lipinski definition) is 5. The zero-order valence-corrected chi connectivity index (χ0v) is 13.9. The Morgan fingerprint density at radius 3 is 2.41 bits per heavy atom. The van der Waals surface area contributed by atoms with Crippen LogP contribution in [0.5, 0.6) is 0 Å². The Hall–Kier alpha value is -1.99. The van der Waals surface area contributed by atoms with E-state index in [0.29, 0.717) is 0 Å². The third-order valence-corrected chi connectivity index (χ3v) is 3.41. The van der Waals surface area contributed by atoms with Crippen molar-refractivity contribution in [2.45, 2.75) is 26.8 Å². The normalized spacial score (nSPS) is 9.05. The second kappa shape index (κ2) is 12.7. The second-order valence-electron chi connectivity index (χ2n) is 3.97. The molecule has 0 unspecified atom stereocenters. The van der Waals surface area contributed by atoms with Crippen LogP contribution in [0.2, 0.25) is 0 Å². The molecule has 7 heteroatoms. The maximum absolute atomic E-state index is 10.5. The summed E-state index contributed by atoms with van der Waals surface area (Å²) in [5, 5.41) is 11.3. The summed E-state index contributed by atoms with van der Waals surface area (Å²) in [7, 11) is 1.68. The Morgan fingerprint density at radius 2 is 1.95 bits per heavy atom. The van der Waals surface area contributed by atoms with E-state index in [-0.39, 0.29) is 6.47 Å². The molecule has 0 aliphatic carbocycles. The number of carbonyl (C=O) groups is 2. The maximum Gasteiger partial charge on any atom is 0.290 e. The molecule has 0 radical (unpaired) electrons. The van der Waals surface area contributed by atoms with Gasteiger partial charge in [0.2, 0.25) is 0 Å². The highest BCUT2D eigenvalue weighted by molar-refractivity contribution is 7.17. The molecule has 0 bridgehead atoms. The lowest BCUT2D eigenvalue weighted by Gasteiger charge is -1.95. The smallest absolute Gasteiger partial charge is 0.290 e. The highest BCUT2D eigenvalue weighted by Crippen LogP contribution is 2.25. The lowest BCUT2D eigenvalue weighted by Crippen LogP contribution is -1.96. The molecule has 22 heavy (non-hydrogen) atoms. The highest BCUT2D eigenvalue weighted by atomic mass is 32.1. The number of aromatic nitrogens is 2. The van der Waals surface area contributed by atoms with E-state index in [0.717, 1.165) is 41.3 Å². The van der Waals surface area contributed by atoms with Gasteiger partial charge in [-0.25, -0.2) is 0 Å². The molecule has 1 N–H and O–H groups in total. The van der Waals surface area contributed by atoms with Crippen LogP contribution in [0.15, 0.2) is 24.4 Å². The number of carboxylic acid groups (broad SMARTS) is 1. The number of aldehydes is 1. The standard InChI is InChI=1S/C11H12N2OS.C3H8O.CH2O2/c1-2-6-13-7-5-10(12-13)11-4-3-9(8-14)15-11;1-3-4-2;2-1-3/h3-5,7-8H,2,6H2,1H3;3H2,1-2H3;1H,(H,2,3). The zero-order chi connectivity index (χ0) is 16.8. The molecule has 0 amide bonds. The first-order chi connectivity index (χ1) is 10.7. The van der Waals surface area contributed by atoms with Gasteiger partial charge in [0.15, 0.2) is 6.29 Å². The van der Waals surface area contributed by atoms with Crippen molar-refractivity contribution in [2.75, 3.05) is 13.7 Å². The Morgan fingerprint density at radius 1 is 1.32 bits per heavy atom. The lowest BCUT2D eigenvalue weighted by molar-refractivity contribution is -0.122. The molecule has 2 aromatic rings. The fraction of sp³-hybridized carbons (Fsp3) is 0.400. The van der Waals surface area contributed by atoms with Crippen LogP contribution in [-0.4, -0.2) is 41.4 Å². The Labute approximate surface area is 134 Å². The van der Waals surface area contributed by atoms with E-state index in [1.807, 2.05) is 36.0 Å². The van der Waals surface area contributed by atoms with E-state index in [2.05, 4.69) is 16.8 Å². The molecular weight excluding hydrogens is 304 g/mol. The molecule has 6 nitrogen and oxygen atoms in total. The third-order valence-electron chi connectivity index (χ3n) is 2.38. The van der Waals surface area contributed by atoms with E-state index in [9.17, 15) is 4.79 Å². The average molecular weight is 326 g/mol.